The summed E-state index contributed by atoms with van der Waals surface area (Å²) >= 11 is 0. The van der Waals surface area contributed by atoms with E-state index in [4.69, 9.17) is 9.47 Å². The van der Waals surface area contributed by atoms with E-state index < -0.39 is 5.41 Å². The predicted octanol–water partition coefficient (Wildman–Crippen LogP) is 4.92. The molecule has 0 amide bonds. The van der Waals surface area contributed by atoms with Gasteiger partial charge in [-0.05, 0) is 68.3 Å². The molecule has 0 spiro atoms. The molecule has 0 aromatic heterocycles. The fourth-order valence-corrected chi connectivity index (χ4v) is 1.99. The van der Waals surface area contributed by atoms with Gasteiger partial charge in [0, 0.05) is 0 Å². The van der Waals surface area contributed by atoms with E-state index >= 15 is 0 Å². The number of ether oxygens (including phenoxy) is 2. The average molecular weight is 314 g/mol. The second-order valence-corrected chi connectivity index (χ2v) is 5.72. The Bertz CT molecular complexity index is 640. The van der Waals surface area contributed by atoms with Crippen LogP contribution in [-0.4, -0.2) is 11.1 Å². The molecule has 2 aromatic carbocycles. The molecule has 4 nitrogen and oxygen atoms in total. The highest BCUT2D eigenvalue weighted by molar-refractivity contribution is 5.78. The van der Waals surface area contributed by atoms with Crippen molar-refractivity contribution in [2.75, 3.05) is 0 Å². The quantitative estimate of drug-likeness (QED) is 0.607. The lowest BCUT2D eigenvalue weighted by Crippen LogP contribution is -2.30. The van der Waals surface area contributed by atoms with E-state index in [-0.39, 0.29) is 11.7 Å². The van der Waals surface area contributed by atoms with Crippen LogP contribution in [0.3, 0.4) is 0 Å². The Hall–Kier alpha value is -2.49. The van der Waals surface area contributed by atoms with Gasteiger partial charge in [-0.15, -0.1) is 0 Å². The molecule has 0 saturated heterocycles. The number of esters is 1. The van der Waals surface area contributed by atoms with Crippen LogP contribution in [0.15, 0.2) is 48.5 Å². The molecule has 0 radical (unpaired) electrons. The number of rotatable bonds is 6. The maximum Gasteiger partial charge on any atom is 0.317 e. The maximum atomic E-state index is 12.2. The second kappa shape index (κ2) is 7.18. The summed E-state index contributed by atoms with van der Waals surface area (Å²) in [6.07, 6.45) is 1.48. The van der Waals surface area contributed by atoms with E-state index in [1.807, 2.05) is 20.8 Å². The molecule has 1 N–H and O–H groups in total. The van der Waals surface area contributed by atoms with Gasteiger partial charge in [-0.3, -0.25) is 4.79 Å². The molecule has 2 rings (SSSR count). The fourth-order valence-electron chi connectivity index (χ4n) is 1.99. The molecular formula is C19H22O4. The van der Waals surface area contributed by atoms with Gasteiger partial charge in [-0.25, -0.2) is 0 Å². The number of hydrogen-bond acceptors (Lipinski definition) is 4. The summed E-state index contributed by atoms with van der Waals surface area (Å²) in [4.78, 5) is 12.2. The summed E-state index contributed by atoms with van der Waals surface area (Å²) < 4.78 is 11.1. The smallest absolute Gasteiger partial charge is 0.317 e. The average Bonchev–Trinajstić information content (AvgIpc) is 2.58. The summed E-state index contributed by atoms with van der Waals surface area (Å²) in [5.41, 5.74) is -0.457. The molecule has 0 bridgehead atoms. The number of hydrogen-bond donors (Lipinski definition) is 1. The molecule has 0 aliphatic heterocycles. The molecule has 0 unspecified atom stereocenters. The second-order valence-electron chi connectivity index (χ2n) is 5.72. The van der Waals surface area contributed by atoms with Gasteiger partial charge in [0.15, 0.2) is 0 Å². The molecule has 0 heterocycles. The van der Waals surface area contributed by atoms with Crippen LogP contribution >= 0.6 is 0 Å². The lowest BCUT2D eigenvalue weighted by atomic mass is 9.85. The number of aromatic hydroxyl groups is 1. The van der Waals surface area contributed by atoms with Crippen molar-refractivity contribution in [2.45, 2.75) is 33.6 Å². The molecule has 122 valence electrons. The van der Waals surface area contributed by atoms with Crippen molar-refractivity contribution in [3.8, 4) is 23.0 Å². The molecule has 0 aliphatic rings. The molecule has 0 atom stereocenters. The fraction of sp³-hybridized carbons (Fsp3) is 0.316. The highest BCUT2D eigenvalue weighted by Crippen LogP contribution is 2.29. The zero-order valence-electron chi connectivity index (χ0n) is 13.7. The number of carbonyl (C=O) groups excluding carboxylic acids is 1. The Morgan fingerprint density at radius 2 is 1.35 bits per heavy atom. The van der Waals surface area contributed by atoms with Crippen LogP contribution in [-0.2, 0) is 4.79 Å². The van der Waals surface area contributed by atoms with Gasteiger partial charge in [-0.1, -0.05) is 13.8 Å². The summed E-state index contributed by atoms with van der Waals surface area (Å²) in [7, 11) is 0. The first kappa shape index (κ1) is 16.9. The standard InChI is InChI=1S/C19H22O4/c1-4-19(3,5-2)18(21)23-17-12-10-16(11-13-17)22-15-8-6-14(20)7-9-15/h6-13,20H,4-5H2,1-3H3. The summed E-state index contributed by atoms with van der Waals surface area (Å²) in [5.74, 6) is 1.73. The third-order valence-corrected chi connectivity index (χ3v) is 4.16. The van der Waals surface area contributed by atoms with Crippen LogP contribution in [0.25, 0.3) is 0 Å². The van der Waals surface area contributed by atoms with E-state index in [0.29, 0.717) is 17.2 Å². The van der Waals surface area contributed by atoms with Crippen molar-refractivity contribution < 1.29 is 19.4 Å². The summed E-state index contributed by atoms with van der Waals surface area (Å²) in [6.45, 7) is 5.89. The van der Waals surface area contributed by atoms with Gasteiger partial charge in [0.25, 0.3) is 0 Å². The minimum absolute atomic E-state index is 0.189. The highest BCUT2D eigenvalue weighted by Gasteiger charge is 2.31. The Morgan fingerprint density at radius 1 is 0.913 bits per heavy atom. The van der Waals surface area contributed by atoms with Crippen LogP contribution in [0.2, 0.25) is 0 Å². The SMILES string of the molecule is CCC(C)(CC)C(=O)Oc1ccc(Oc2ccc(O)cc2)cc1. The highest BCUT2D eigenvalue weighted by atomic mass is 16.5. The van der Waals surface area contributed by atoms with E-state index in [1.54, 1.807) is 48.5 Å². The molecule has 4 heteroatoms. The Kier molecular flexibility index (Phi) is 5.27. The topological polar surface area (TPSA) is 55.8 Å². The minimum Gasteiger partial charge on any atom is -0.508 e. The van der Waals surface area contributed by atoms with Gasteiger partial charge >= 0.3 is 5.97 Å². The van der Waals surface area contributed by atoms with Crippen molar-refractivity contribution in [1.29, 1.82) is 0 Å². The first-order valence-corrected chi connectivity index (χ1v) is 7.76. The van der Waals surface area contributed by atoms with Crippen molar-refractivity contribution in [1.82, 2.24) is 0 Å². The molecule has 2 aromatic rings. The van der Waals surface area contributed by atoms with Crippen LogP contribution in [0, 0.1) is 5.41 Å². The normalized spacial score (nSPS) is 11.1. The molecule has 0 saturated carbocycles. The van der Waals surface area contributed by atoms with Gasteiger partial charge < -0.3 is 14.6 Å². The maximum absolute atomic E-state index is 12.2. The first-order chi connectivity index (χ1) is 11.0. The number of phenols is 1. The van der Waals surface area contributed by atoms with Crippen molar-refractivity contribution in [2.24, 2.45) is 5.41 Å². The van der Waals surface area contributed by atoms with E-state index in [0.717, 1.165) is 12.8 Å². The van der Waals surface area contributed by atoms with Crippen LogP contribution in [0.5, 0.6) is 23.0 Å². The third kappa shape index (κ3) is 4.25. The number of benzene rings is 2. The van der Waals surface area contributed by atoms with Crippen LogP contribution < -0.4 is 9.47 Å². The molecule has 23 heavy (non-hydrogen) atoms. The first-order valence-electron chi connectivity index (χ1n) is 7.76. The van der Waals surface area contributed by atoms with Crippen molar-refractivity contribution in [3.05, 3.63) is 48.5 Å². The third-order valence-electron chi connectivity index (χ3n) is 4.16. The van der Waals surface area contributed by atoms with E-state index in [2.05, 4.69) is 0 Å². The van der Waals surface area contributed by atoms with E-state index in [9.17, 15) is 9.90 Å². The van der Waals surface area contributed by atoms with Crippen molar-refractivity contribution >= 4 is 5.97 Å². The molecule has 0 fully saturated rings. The zero-order valence-corrected chi connectivity index (χ0v) is 13.7. The van der Waals surface area contributed by atoms with E-state index in [1.165, 1.54) is 0 Å². The largest absolute Gasteiger partial charge is 0.508 e. The van der Waals surface area contributed by atoms with Gasteiger partial charge in [0.05, 0.1) is 5.41 Å². The Labute approximate surface area is 136 Å². The Balaban J connectivity index is 2.02. The lowest BCUT2D eigenvalue weighted by Gasteiger charge is -2.23. The Morgan fingerprint density at radius 3 is 1.83 bits per heavy atom. The number of carbonyl (C=O) groups is 1. The van der Waals surface area contributed by atoms with Gasteiger partial charge in [0.2, 0.25) is 0 Å². The van der Waals surface area contributed by atoms with Crippen molar-refractivity contribution in [3.63, 3.8) is 0 Å². The van der Waals surface area contributed by atoms with Crippen LogP contribution in [0.1, 0.15) is 33.6 Å². The predicted molar refractivity (Wildman–Crippen MR) is 88.9 cm³/mol. The minimum atomic E-state index is -0.457. The number of phenolic OH excluding ortho intramolecular Hbond substituents is 1. The monoisotopic (exact) mass is 314 g/mol. The zero-order chi connectivity index (χ0) is 16.9. The summed E-state index contributed by atoms with van der Waals surface area (Å²) in [5, 5.41) is 9.25. The van der Waals surface area contributed by atoms with Gasteiger partial charge in [-0.2, -0.15) is 0 Å². The molecular weight excluding hydrogens is 292 g/mol. The van der Waals surface area contributed by atoms with Crippen LogP contribution in [0.4, 0.5) is 0 Å². The lowest BCUT2D eigenvalue weighted by molar-refractivity contribution is -0.145. The molecule has 0 aliphatic carbocycles. The summed E-state index contributed by atoms with van der Waals surface area (Å²) in [6, 6.07) is 13.4. The van der Waals surface area contributed by atoms with Gasteiger partial charge in [0.1, 0.15) is 23.0 Å².